The van der Waals surface area contributed by atoms with Gasteiger partial charge in [-0.2, -0.15) is 5.10 Å². The smallest absolute Gasteiger partial charge is 0.157 e. The van der Waals surface area contributed by atoms with Crippen molar-refractivity contribution in [3.8, 4) is 10.6 Å². The molecule has 0 saturated carbocycles. The molecule has 0 radical (unpaired) electrons. The number of thiophene rings is 1. The number of hydrogen-bond donors (Lipinski definition) is 0. The number of fused-ring (bicyclic) bond motifs is 2. The molecule has 1 aromatic carbocycles. The van der Waals surface area contributed by atoms with E-state index < -0.39 is 0 Å². The third kappa shape index (κ3) is 3.14. The second kappa shape index (κ2) is 7.04. The van der Waals surface area contributed by atoms with Crippen LogP contribution in [0.3, 0.4) is 0 Å². The lowest BCUT2D eigenvalue weighted by molar-refractivity contribution is 0.630. The van der Waals surface area contributed by atoms with Gasteiger partial charge in [0.2, 0.25) is 0 Å². The van der Waals surface area contributed by atoms with Crippen LogP contribution >= 0.6 is 11.3 Å². The van der Waals surface area contributed by atoms with Gasteiger partial charge in [-0.05, 0) is 74.4 Å². The van der Waals surface area contributed by atoms with Crippen LogP contribution in [0, 0.1) is 26.6 Å². The molecule has 0 aliphatic rings. The van der Waals surface area contributed by atoms with E-state index in [1.807, 2.05) is 24.4 Å². The summed E-state index contributed by atoms with van der Waals surface area (Å²) in [6.07, 6.45) is 4.61. The highest BCUT2D eigenvalue weighted by atomic mass is 32.1. The predicted octanol–water partition coefficient (Wildman–Crippen LogP) is 6.41. The first-order chi connectivity index (χ1) is 13.0. The van der Waals surface area contributed by atoms with Crippen molar-refractivity contribution in [2.75, 3.05) is 0 Å². The summed E-state index contributed by atoms with van der Waals surface area (Å²) in [5.74, 6) is -0.197. The second-order valence-electron chi connectivity index (χ2n) is 7.25. The van der Waals surface area contributed by atoms with Crippen molar-refractivity contribution < 1.29 is 4.39 Å². The highest BCUT2D eigenvalue weighted by molar-refractivity contribution is 7.22. The molecule has 0 spiro atoms. The molecule has 0 fully saturated rings. The molecule has 0 saturated heterocycles. The second-order valence-corrected chi connectivity index (χ2v) is 8.30. The largest absolute Gasteiger partial charge is 0.231 e. The zero-order valence-corrected chi connectivity index (χ0v) is 17.1. The van der Waals surface area contributed by atoms with Crippen LogP contribution in [-0.4, -0.2) is 14.6 Å². The maximum Gasteiger partial charge on any atom is 0.157 e. The number of imidazole rings is 1. The highest BCUT2D eigenvalue weighted by Crippen LogP contribution is 2.40. The highest BCUT2D eigenvalue weighted by Gasteiger charge is 2.20. The van der Waals surface area contributed by atoms with Crippen LogP contribution in [-0.2, 0) is 6.42 Å². The van der Waals surface area contributed by atoms with E-state index in [2.05, 4.69) is 19.9 Å². The van der Waals surface area contributed by atoms with E-state index in [1.165, 1.54) is 24.5 Å². The number of hydrogen-bond acceptors (Lipinski definition) is 3. The minimum Gasteiger partial charge on any atom is -0.231 e. The third-order valence-electron chi connectivity index (χ3n) is 5.12. The Kier molecular flexibility index (Phi) is 4.72. The summed E-state index contributed by atoms with van der Waals surface area (Å²) >= 11 is 1.69. The normalized spacial score (nSPS) is 11.7. The summed E-state index contributed by atoms with van der Waals surface area (Å²) < 4.78 is 16.8. The van der Waals surface area contributed by atoms with Gasteiger partial charge in [0.25, 0.3) is 0 Å². The SMILES string of the molecule is CCCCCc1cc(C)nn2c(-c3sc4ccc(F)cc4c3C)c(C)nc12. The first-order valence-corrected chi connectivity index (χ1v) is 10.4. The van der Waals surface area contributed by atoms with Gasteiger partial charge in [0.1, 0.15) is 11.5 Å². The van der Waals surface area contributed by atoms with Crippen molar-refractivity contribution in [3.05, 3.63) is 52.6 Å². The molecule has 5 heteroatoms. The minimum absolute atomic E-state index is 0.197. The molecule has 4 rings (SSSR count). The van der Waals surface area contributed by atoms with E-state index in [4.69, 9.17) is 10.1 Å². The molecule has 0 atom stereocenters. The lowest BCUT2D eigenvalue weighted by Gasteiger charge is -2.07. The molecule has 4 aromatic rings. The van der Waals surface area contributed by atoms with Crippen molar-refractivity contribution in [1.29, 1.82) is 0 Å². The van der Waals surface area contributed by atoms with Crippen molar-refractivity contribution in [1.82, 2.24) is 14.6 Å². The summed E-state index contributed by atoms with van der Waals surface area (Å²) in [5, 5.41) is 5.75. The van der Waals surface area contributed by atoms with Gasteiger partial charge in [-0.15, -0.1) is 11.3 Å². The van der Waals surface area contributed by atoms with Crippen molar-refractivity contribution >= 4 is 27.1 Å². The van der Waals surface area contributed by atoms with Gasteiger partial charge in [0.15, 0.2) is 5.65 Å². The van der Waals surface area contributed by atoms with Crippen molar-refractivity contribution in [2.45, 2.75) is 53.4 Å². The first kappa shape index (κ1) is 18.1. The number of nitrogens with zero attached hydrogens (tertiary/aromatic N) is 3. The molecule has 0 aliphatic carbocycles. The van der Waals surface area contributed by atoms with Crippen LogP contribution < -0.4 is 0 Å². The molecule has 3 nitrogen and oxygen atoms in total. The van der Waals surface area contributed by atoms with Gasteiger partial charge in [-0.1, -0.05) is 19.8 Å². The van der Waals surface area contributed by atoms with E-state index in [1.54, 1.807) is 17.4 Å². The molecular formula is C22H24FN3S. The van der Waals surface area contributed by atoms with Gasteiger partial charge >= 0.3 is 0 Å². The van der Waals surface area contributed by atoms with Crippen molar-refractivity contribution in [3.63, 3.8) is 0 Å². The molecule has 27 heavy (non-hydrogen) atoms. The molecular weight excluding hydrogens is 357 g/mol. The standard InChI is InChI=1S/C22H24FN3S/c1-5-6-7-8-16-11-13(2)25-26-20(15(4)24-22(16)26)21-14(3)18-12-17(23)9-10-19(18)27-21/h9-12H,5-8H2,1-4H3. The van der Waals surface area contributed by atoms with Crippen molar-refractivity contribution in [2.24, 2.45) is 0 Å². The number of aromatic nitrogens is 3. The summed E-state index contributed by atoms with van der Waals surface area (Å²) in [6.45, 7) is 8.36. The monoisotopic (exact) mass is 381 g/mol. The number of benzene rings is 1. The molecule has 0 aliphatic heterocycles. The average molecular weight is 382 g/mol. The summed E-state index contributed by atoms with van der Waals surface area (Å²) in [6, 6.07) is 7.17. The fourth-order valence-electron chi connectivity index (χ4n) is 3.76. The first-order valence-electron chi connectivity index (χ1n) is 9.54. The van der Waals surface area contributed by atoms with Crippen LogP contribution in [0.2, 0.25) is 0 Å². The van der Waals surface area contributed by atoms with Crippen LogP contribution in [0.25, 0.3) is 26.3 Å². The number of aryl methyl sites for hydroxylation is 4. The Bertz CT molecular complexity index is 1140. The molecule has 0 bridgehead atoms. The fourth-order valence-corrected chi connectivity index (χ4v) is 5.03. The maximum atomic E-state index is 13.7. The lowest BCUT2D eigenvalue weighted by atomic mass is 10.1. The van der Waals surface area contributed by atoms with Crippen LogP contribution in [0.4, 0.5) is 4.39 Å². The number of rotatable bonds is 5. The van der Waals surface area contributed by atoms with E-state index in [0.29, 0.717) is 0 Å². The molecule has 3 aromatic heterocycles. The molecule has 0 amide bonds. The lowest BCUT2D eigenvalue weighted by Crippen LogP contribution is -2.01. The number of halogens is 1. The topological polar surface area (TPSA) is 30.2 Å². The maximum absolute atomic E-state index is 13.7. The van der Waals surface area contributed by atoms with E-state index in [0.717, 1.165) is 56.1 Å². The minimum atomic E-state index is -0.197. The number of unbranched alkanes of at least 4 members (excludes halogenated alkanes) is 2. The Morgan fingerprint density at radius 3 is 2.70 bits per heavy atom. The Hall–Kier alpha value is -2.27. The summed E-state index contributed by atoms with van der Waals surface area (Å²) in [4.78, 5) is 5.99. The fraction of sp³-hybridized carbons (Fsp3) is 0.364. The van der Waals surface area contributed by atoms with E-state index in [-0.39, 0.29) is 5.82 Å². The average Bonchev–Trinajstić information content (AvgIpc) is 3.12. The van der Waals surface area contributed by atoms with Gasteiger partial charge in [-0.3, -0.25) is 0 Å². The van der Waals surface area contributed by atoms with E-state index in [9.17, 15) is 4.39 Å². The van der Waals surface area contributed by atoms with Crippen LogP contribution in [0.1, 0.15) is 48.7 Å². The van der Waals surface area contributed by atoms with E-state index >= 15 is 0 Å². The van der Waals surface area contributed by atoms with Gasteiger partial charge in [0, 0.05) is 4.70 Å². The molecule has 0 N–H and O–H groups in total. The summed E-state index contributed by atoms with van der Waals surface area (Å²) in [5.41, 5.74) is 6.31. The predicted molar refractivity (Wildman–Crippen MR) is 111 cm³/mol. The third-order valence-corrected chi connectivity index (χ3v) is 6.40. The Labute approximate surface area is 162 Å². The quantitative estimate of drug-likeness (QED) is 0.374. The zero-order chi connectivity index (χ0) is 19.1. The van der Waals surface area contributed by atoms with Crippen LogP contribution in [0.5, 0.6) is 0 Å². The summed E-state index contributed by atoms with van der Waals surface area (Å²) in [7, 11) is 0. The Morgan fingerprint density at radius 2 is 1.93 bits per heavy atom. The molecule has 0 unspecified atom stereocenters. The van der Waals surface area contributed by atoms with Crippen LogP contribution in [0.15, 0.2) is 24.3 Å². The zero-order valence-electron chi connectivity index (χ0n) is 16.3. The Balaban J connectivity index is 1.92. The molecule has 140 valence electrons. The van der Waals surface area contributed by atoms with Gasteiger partial charge < -0.3 is 0 Å². The molecule has 3 heterocycles. The Morgan fingerprint density at radius 1 is 1.11 bits per heavy atom. The van der Waals surface area contributed by atoms with Gasteiger partial charge in [-0.25, -0.2) is 13.9 Å². The van der Waals surface area contributed by atoms with Gasteiger partial charge in [0.05, 0.1) is 16.3 Å².